The molecule has 0 saturated heterocycles. The number of rotatable bonds is 4. The fourth-order valence-electron chi connectivity index (χ4n) is 1.42. The van der Waals surface area contributed by atoms with E-state index < -0.39 is 0 Å². The Morgan fingerprint density at radius 3 is 2.60 bits per heavy atom. The van der Waals surface area contributed by atoms with E-state index in [9.17, 15) is 0 Å². The molecule has 0 aliphatic carbocycles. The van der Waals surface area contributed by atoms with Crippen molar-refractivity contribution < 1.29 is 4.74 Å². The minimum Gasteiger partial charge on any atom is -0.496 e. The molecule has 3 nitrogen and oxygen atoms in total. The quantitative estimate of drug-likeness (QED) is 0.760. The molecule has 0 aliphatic rings. The molecule has 0 amide bonds. The zero-order valence-corrected chi connectivity index (χ0v) is 10.2. The summed E-state index contributed by atoms with van der Waals surface area (Å²) in [5.74, 6) is 2.32. The Bertz CT molecular complexity index is 323. The van der Waals surface area contributed by atoms with E-state index in [-0.39, 0.29) is 0 Å². The maximum Gasteiger partial charge on any atom is 0.131 e. The molecule has 0 aromatic carbocycles. The van der Waals surface area contributed by atoms with Crippen LogP contribution < -0.4 is 9.64 Å². The minimum atomic E-state index is 0.438. The van der Waals surface area contributed by atoms with Crippen LogP contribution in [0.2, 0.25) is 0 Å². The highest BCUT2D eigenvalue weighted by molar-refractivity contribution is 5.47. The predicted molar refractivity (Wildman–Crippen MR) is 63.8 cm³/mol. The van der Waals surface area contributed by atoms with Crippen LogP contribution in [0.15, 0.2) is 12.3 Å². The van der Waals surface area contributed by atoms with Gasteiger partial charge in [0.25, 0.3) is 0 Å². The van der Waals surface area contributed by atoms with Crippen molar-refractivity contribution in [1.82, 2.24) is 4.98 Å². The van der Waals surface area contributed by atoms with Gasteiger partial charge in [-0.05, 0) is 12.8 Å². The second kappa shape index (κ2) is 5.01. The third-order valence-corrected chi connectivity index (χ3v) is 2.59. The maximum atomic E-state index is 5.38. The molecule has 0 saturated carbocycles. The van der Waals surface area contributed by atoms with E-state index in [2.05, 4.69) is 30.7 Å². The van der Waals surface area contributed by atoms with Crippen molar-refractivity contribution in [2.45, 2.75) is 26.7 Å². The number of methoxy groups -OCH3 is 1. The normalized spacial score (nSPS) is 10.5. The second-order valence-electron chi connectivity index (χ2n) is 3.95. The molecule has 0 bridgehead atoms. The highest BCUT2D eigenvalue weighted by Gasteiger charge is 2.10. The first kappa shape index (κ1) is 11.8. The molecule has 0 fully saturated rings. The Balaban J connectivity index is 3.07. The van der Waals surface area contributed by atoms with Crippen molar-refractivity contribution in [3.63, 3.8) is 0 Å². The Hall–Kier alpha value is -1.25. The van der Waals surface area contributed by atoms with Gasteiger partial charge in [0.1, 0.15) is 11.6 Å². The predicted octanol–water partition coefficient (Wildman–Crippen LogP) is 2.67. The van der Waals surface area contributed by atoms with E-state index in [4.69, 9.17) is 4.74 Å². The van der Waals surface area contributed by atoms with Crippen LogP contribution in [0.25, 0.3) is 0 Å². The summed E-state index contributed by atoms with van der Waals surface area (Å²) in [5, 5.41) is 0. The number of hydrogen-bond acceptors (Lipinski definition) is 3. The molecular weight excluding hydrogens is 188 g/mol. The highest BCUT2D eigenvalue weighted by atomic mass is 16.5. The lowest BCUT2D eigenvalue weighted by Gasteiger charge is -2.18. The summed E-state index contributed by atoms with van der Waals surface area (Å²) in [4.78, 5) is 6.52. The molecule has 1 aromatic heterocycles. The summed E-state index contributed by atoms with van der Waals surface area (Å²) in [6.07, 6.45) is 1.91. The van der Waals surface area contributed by atoms with Crippen LogP contribution in [0.3, 0.4) is 0 Å². The number of anilines is 1. The lowest BCUT2D eigenvalue weighted by Crippen LogP contribution is -2.17. The molecule has 0 aliphatic heterocycles. The van der Waals surface area contributed by atoms with E-state index >= 15 is 0 Å². The zero-order chi connectivity index (χ0) is 11.4. The Labute approximate surface area is 92.1 Å². The fraction of sp³-hybridized carbons (Fsp3) is 0.583. The van der Waals surface area contributed by atoms with Crippen LogP contribution in [0.1, 0.15) is 32.3 Å². The fourth-order valence-corrected chi connectivity index (χ4v) is 1.42. The van der Waals surface area contributed by atoms with Gasteiger partial charge in [0.15, 0.2) is 0 Å². The van der Waals surface area contributed by atoms with Crippen LogP contribution in [-0.2, 0) is 0 Å². The Morgan fingerprint density at radius 1 is 1.47 bits per heavy atom. The standard InChI is InChI=1S/C12H20N2O/c1-6-14(4)12-7-11(15-5)10(8-13-12)9(2)3/h7-9H,6H2,1-5H3. The zero-order valence-electron chi connectivity index (χ0n) is 10.2. The summed E-state index contributed by atoms with van der Waals surface area (Å²) in [6, 6.07) is 2.00. The summed E-state index contributed by atoms with van der Waals surface area (Å²) >= 11 is 0. The second-order valence-corrected chi connectivity index (χ2v) is 3.95. The smallest absolute Gasteiger partial charge is 0.131 e. The lowest BCUT2D eigenvalue weighted by molar-refractivity contribution is 0.407. The number of pyridine rings is 1. The number of aromatic nitrogens is 1. The van der Waals surface area contributed by atoms with Crippen molar-refractivity contribution in [1.29, 1.82) is 0 Å². The molecule has 1 aromatic rings. The minimum absolute atomic E-state index is 0.438. The van der Waals surface area contributed by atoms with Gasteiger partial charge in [-0.2, -0.15) is 0 Å². The third kappa shape index (κ3) is 2.61. The maximum absolute atomic E-state index is 5.38. The van der Waals surface area contributed by atoms with E-state index in [1.807, 2.05) is 19.3 Å². The summed E-state index contributed by atoms with van der Waals surface area (Å²) in [6.45, 7) is 7.33. The lowest BCUT2D eigenvalue weighted by atomic mass is 10.0. The largest absolute Gasteiger partial charge is 0.496 e. The van der Waals surface area contributed by atoms with Gasteiger partial charge in [-0.3, -0.25) is 0 Å². The molecule has 15 heavy (non-hydrogen) atoms. The Kier molecular flexibility index (Phi) is 3.95. The van der Waals surface area contributed by atoms with Crippen LogP contribution >= 0.6 is 0 Å². The van der Waals surface area contributed by atoms with Crippen molar-refractivity contribution in [3.05, 3.63) is 17.8 Å². The summed E-state index contributed by atoms with van der Waals surface area (Å²) < 4.78 is 5.38. The van der Waals surface area contributed by atoms with Crippen molar-refractivity contribution in [3.8, 4) is 5.75 Å². The first-order valence-corrected chi connectivity index (χ1v) is 5.35. The van der Waals surface area contributed by atoms with Crippen LogP contribution in [-0.4, -0.2) is 25.7 Å². The first-order chi connectivity index (χ1) is 7.10. The SMILES string of the molecule is CCN(C)c1cc(OC)c(C(C)C)cn1. The van der Waals surface area contributed by atoms with Crippen LogP contribution in [0.4, 0.5) is 5.82 Å². The van der Waals surface area contributed by atoms with Gasteiger partial charge in [-0.25, -0.2) is 4.98 Å². The Morgan fingerprint density at radius 2 is 2.13 bits per heavy atom. The van der Waals surface area contributed by atoms with E-state index in [0.29, 0.717) is 5.92 Å². The van der Waals surface area contributed by atoms with Crippen LogP contribution in [0, 0.1) is 0 Å². The van der Waals surface area contributed by atoms with Crippen molar-refractivity contribution in [2.75, 3.05) is 25.6 Å². The van der Waals surface area contributed by atoms with Gasteiger partial charge in [-0.1, -0.05) is 13.8 Å². The third-order valence-electron chi connectivity index (χ3n) is 2.59. The molecule has 0 unspecified atom stereocenters. The molecule has 0 spiro atoms. The molecule has 0 N–H and O–H groups in total. The molecule has 0 atom stereocenters. The van der Waals surface area contributed by atoms with Crippen LogP contribution in [0.5, 0.6) is 5.75 Å². The molecule has 1 rings (SSSR count). The average molecular weight is 208 g/mol. The van der Waals surface area contributed by atoms with Gasteiger partial charge < -0.3 is 9.64 Å². The molecular formula is C12H20N2O. The summed E-state index contributed by atoms with van der Waals surface area (Å²) in [5.41, 5.74) is 1.16. The van der Waals surface area contributed by atoms with Gasteiger partial charge in [-0.15, -0.1) is 0 Å². The highest BCUT2D eigenvalue weighted by Crippen LogP contribution is 2.28. The van der Waals surface area contributed by atoms with Gasteiger partial charge in [0, 0.05) is 31.4 Å². The molecule has 0 radical (unpaired) electrons. The van der Waals surface area contributed by atoms with E-state index in [1.54, 1.807) is 7.11 Å². The van der Waals surface area contributed by atoms with E-state index in [0.717, 1.165) is 23.7 Å². The molecule has 84 valence electrons. The number of nitrogens with zero attached hydrogens (tertiary/aromatic N) is 2. The monoisotopic (exact) mass is 208 g/mol. The van der Waals surface area contributed by atoms with Gasteiger partial charge >= 0.3 is 0 Å². The van der Waals surface area contributed by atoms with Crippen molar-refractivity contribution >= 4 is 5.82 Å². The van der Waals surface area contributed by atoms with Gasteiger partial charge in [0.05, 0.1) is 7.11 Å². The summed E-state index contributed by atoms with van der Waals surface area (Å²) in [7, 11) is 3.73. The first-order valence-electron chi connectivity index (χ1n) is 5.35. The average Bonchev–Trinajstić information content (AvgIpc) is 2.26. The topological polar surface area (TPSA) is 25.4 Å². The van der Waals surface area contributed by atoms with E-state index in [1.165, 1.54) is 0 Å². The number of ether oxygens (including phenoxy) is 1. The number of hydrogen-bond donors (Lipinski definition) is 0. The molecule has 3 heteroatoms. The van der Waals surface area contributed by atoms with Gasteiger partial charge in [0.2, 0.25) is 0 Å². The van der Waals surface area contributed by atoms with Crippen molar-refractivity contribution in [2.24, 2.45) is 0 Å². The molecule has 1 heterocycles.